The molecule has 0 aromatic heterocycles. The van der Waals surface area contributed by atoms with Gasteiger partial charge < -0.3 is 20.6 Å². The summed E-state index contributed by atoms with van der Waals surface area (Å²) in [6.07, 6.45) is 4.05. The molecule has 5 N–H and O–H groups in total. The fraction of sp³-hybridized carbons (Fsp3) is 0.0385. The molecule has 0 radical (unpaired) electrons. The third-order valence-electron chi connectivity index (χ3n) is 5.28. The number of benzene rings is 3. The Balaban J connectivity index is 1.62. The second-order valence-electron chi connectivity index (χ2n) is 7.60. The van der Waals surface area contributed by atoms with Crippen LogP contribution in [-0.4, -0.2) is 33.1 Å². The summed E-state index contributed by atoms with van der Waals surface area (Å²) >= 11 is 0. The summed E-state index contributed by atoms with van der Waals surface area (Å²) in [6.45, 7) is 0.277. The Hall–Kier alpha value is -4.85. The summed E-state index contributed by atoms with van der Waals surface area (Å²) in [6, 6.07) is 16.8. The van der Waals surface area contributed by atoms with Crippen LogP contribution in [0.15, 0.2) is 72.9 Å². The Morgan fingerprint density at radius 1 is 0.853 bits per heavy atom. The van der Waals surface area contributed by atoms with E-state index in [0.29, 0.717) is 16.7 Å². The van der Waals surface area contributed by atoms with Gasteiger partial charge in [-0.2, -0.15) is 0 Å². The lowest BCUT2D eigenvalue weighted by molar-refractivity contribution is -0.131. The number of rotatable bonds is 6. The normalized spacial score (nSPS) is 14.2. The van der Waals surface area contributed by atoms with Gasteiger partial charge in [-0.3, -0.25) is 14.9 Å². The molecule has 8 heteroatoms. The topological polar surface area (TPSA) is 136 Å². The minimum absolute atomic E-state index is 0.223. The van der Waals surface area contributed by atoms with Crippen LogP contribution in [0.3, 0.4) is 0 Å². The molecule has 0 saturated heterocycles. The van der Waals surface area contributed by atoms with Crippen molar-refractivity contribution < 1.29 is 29.7 Å². The molecule has 0 unspecified atom stereocenters. The van der Waals surface area contributed by atoms with Crippen LogP contribution < -0.4 is 10.6 Å². The van der Waals surface area contributed by atoms with E-state index in [9.17, 15) is 24.6 Å². The van der Waals surface area contributed by atoms with E-state index in [4.69, 9.17) is 5.11 Å². The number of aliphatic carboxylic acids is 1. The monoisotopic (exact) mass is 456 g/mol. The van der Waals surface area contributed by atoms with E-state index in [1.807, 2.05) is 12.1 Å². The molecule has 0 aliphatic carbocycles. The van der Waals surface area contributed by atoms with Crippen LogP contribution >= 0.6 is 0 Å². The van der Waals surface area contributed by atoms with Gasteiger partial charge in [0, 0.05) is 29.9 Å². The minimum atomic E-state index is -1.03. The highest BCUT2D eigenvalue weighted by Crippen LogP contribution is 2.30. The van der Waals surface area contributed by atoms with Crippen molar-refractivity contribution in [2.24, 2.45) is 0 Å². The maximum Gasteiger partial charge on any atom is 0.328 e. The van der Waals surface area contributed by atoms with Crippen molar-refractivity contribution in [2.45, 2.75) is 6.54 Å². The highest BCUT2D eigenvalue weighted by molar-refractivity contribution is 6.31. The predicted molar refractivity (Wildman–Crippen MR) is 126 cm³/mol. The van der Waals surface area contributed by atoms with Crippen molar-refractivity contribution >= 4 is 29.4 Å². The van der Waals surface area contributed by atoms with Crippen molar-refractivity contribution in [3.05, 3.63) is 95.2 Å². The van der Waals surface area contributed by atoms with E-state index in [1.54, 1.807) is 36.4 Å². The molecule has 4 rings (SSSR count). The maximum absolute atomic E-state index is 12.6. The molecule has 0 spiro atoms. The molecule has 8 nitrogen and oxygen atoms in total. The summed E-state index contributed by atoms with van der Waals surface area (Å²) in [4.78, 5) is 35.6. The van der Waals surface area contributed by atoms with Crippen LogP contribution in [0.5, 0.6) is 11.5 Å². The molecule has 170 valence electrons. The number of fused-ring (bicyclic) bond motifs is 1. The number of imide groups is 1. The molecule has 1 heterocycles. The van der Waals surface area contributed by atoms with E-state index in [0.717, 1.165) is 22.8 Å². The lowest BCUT2D eigenvalue weighted by atomic mass is 9.91. The Bertz CT molecular complexity index is 1360. The zero-order valence-corrected chi connectivity index (χ0v) is 17.8. The van der Waals surface area contributed by atoms with Crippen molar-refractivity contribution in [2.75, 3.05) is 0 Å². The molecule has 0 atom stereocenters. The molecule has 0 bridgehead atoms. The molecule has 2 amide bonds. The van der Waals surface area contributed by atoms with Crippen molar-refractivity contribution in [3.8, 4) is 22.6 Å². The molecule has 0 saturated carbocycles. The lowest BCUT2D eigenvalue weighted by Crippen LogP contribution is -2.37. The smallest absolute Gasteiger partial charge is 0.328 e. The number of phenols is 2. The zero-order chi connectivity index (χ0) is 24.2. The maximum atomic E-state index is 12.6. The first-order valence-electron chi connectivity index (χ1n) is 10.3. The first-order valence-corrected chi connectivity index (χ1v) is 10.3. The summed E-state index contributed by atoms with van der Waals surface area (Å²) in [5.41, 5.74) is 4.14. The number of carbonyl (C=O) groups is 3. The number of aromatic hydroxyl groups is 2. The summed E-state index contributed by atoms with van der Waals surface area (Å²) in [5, 5.41) is 33.2. The number of carboxylic acid groups (broad SMARTS) is 1. The van der Waals surface area contributed by atoms with E-state index in [2.05, 4.69) is 10.6 Å². The fourth-order valence-corrected chi connectivity index (χ4v) is 3.55. The zero-order valence-electron chi connectivity index (χ0n) is 17.8. The van der Waals surface area contributed by atoms with Crippen LogP contribution in [0.4, 0.5) is 0 Å². The van der Waals surface area contributed by atoms with Crippen LogP contribution in [0.1, 0.15) is 27.0 Å². The van der Waals surface area contributed by atoms with Crippen molar-refractivity contribution in [3.63, 3.8) is 0 Å². The summed E-state index contributed by atoms with van der Waals surface area (Å²) < 4.78 is 0. The van der Waals surface area contributed by atoms with Gasteiger partial charge in [-0.1, -0.05) is 36.4 Å². The SMILES string of the molecule is O=C(O)C=Cc1ccc(-c2ccc3c(c2)C(=CNCc2ccc(O)c(O)c2)C(=O)NC3=O)cc1. The summed E-state index contributed by atoms with van der Waals surface area (Å²) in [5.74, 6) is -2.52. The highest BCUT2D eigenvalue weighted by atomic mass is 16.4. The lowest BCUT2D eigenvalue weighted by Gasteiger charge is -2.19. The van der Waals surface area contributed by atoms with Gasteiger partial charge in [0.15, 0.2) is 11.5 Å². The van der Waals surface area contributed by atoms with Gasteiger partial charge in [0.1, 0.15) is 0 Å². The minimum Gasteiger partial charge on any atom is -0.504 e. The number of phenolic OH excluding ortho intramolecular Hbond substituents is 2. The Labute approximate surface area is 194 Å². The van der Waals surface area contributed by atoms with Gasteiger partial charge in [0.25, 0.3) is 11.8 Å². The van der Waals surface area contributed by atoms with Gasteiger partial charge in [-0.05, 0) is 52.6 Å². The van der Waals surface area contributed by atoms with Gasteiger partial charge in [0.2, 0.25) is 0 Å². The fourth-order valence-electron chi connectivity index (χ4n) is 3.55. The number of carboxylic acids is 1. The molecule has 1 aliphatic heterocycles. The Morgan fingerprint density at radius 2 is 1.59 bits per heavy atom. The van der Waals surface area contributed by atoms with Crippen LogP contribution in [0, 0.1) is 0 Å². The average Bonchev–Trinajstić information content (AvgIpc) is 2.82. The molecule has 1 aliphatic rings. The number of hydrogen-bond acceptors (Lipinski definition) is 6. The molecule has 0 fully saturated rings. The highest BCUT2D eigenvalue weighted by Gasteiger charge is 2.27. The Morgan fingerprint density at radius 3 is 2.29 bits per heavy atom. The van der Waals surface area contributed by atoms with E-state index < -0.39 is 17.8 Å². The number of hydrogen-bond donors (Lipinski definition) is 5. The second-order valence-corrected chi connectivity index (χ2v) is 7.60. The molecular weight excluding hydrogens is 436 g/mol. The quantitative estimate of drug-likeness (QED) is 0.218. The molecular formula is C26H20N2O6. The number of carbonyl (C=O) groups excluding carboxylic acids is 2. The summed E-state index contributed by atoms with van der Waals surface area (Å²) in [7, 11) is 0. The van der Waals surface area contributed by atoms with Gasteiger partial charge >= 0.3 is 5.97 Å². The van der Waals surface area contributed by atoms with E-state index >= 15 is 0 Å². The van der Waals surface area contributed by atoms with Crippen molar-refractivity contribution in [1.82, 2.24) is 10.6 Å². The first-order chi connectivity index (χ1) is 16.3. The van der Waals surface area contributed by atoms with E-state index in [1.165, 1.54) is 24.4 Å². The van der Waals surface area contributed by atoms with E-state index in [-0.39, 0.29) is 23.6 Å². The van der Waals surface area contributed by atoms with Gasteiger partial charge in [0.05, 0.1) is 5.57 Å². The standard InChI is InChI=1S/C26H20N2O6/c29-22-9-3-16(11-23(22)30)13-27-14-21-20-12-18(7-8-19(20)25(33)28-26(21)34)17-5-1-15(2-6-17)4-10-24(31)32/h1-12,14,27,29-30H,13H2,(H,31,32)(H,28,33,34). The molecule has 3 aromatic carbocycles. The van der Waals surface area contributed by atoms with Crippen LogP contribution in [0.2, 0.25) is 0 Å². The van der Waals surface area contributed by atoms with Crippen molar-refractivity contribution in [1.29, 1.82) is 0 Å². The average molecular weight is 456 g/mol. The largest absolute Gasteiger partial charge is 0.504 e. The third kappa shape index (κ3) is 4.81. The Kier molecular flexibility index (Phi) is 6.13. The number of nitrogens with one attached hydrogen (secondary N) is 2. The second kappa shape index (κ2) is 9.33. The third-order valence-corrected chi connectivity index (χ3v) is 5.28. The van der Waals surface area contributed by atoms with Crippen LogP contribution in [0.25, 0.3) is 22.8 Å². The van der Waals surface area contributed by atoms with Gasteiger partial charge in [-0.25, -0.2) is 4.79 Å². The molecule has 34 heavy (non-hydrogen) atoms. The molecule has 3 aromatic rings. The van der Waals surface area contributed by atoms with Gasteiger partial charge in [-0.15, -0.1) is 0 Å². The number of amides is 2. The predicted octanol–water partition coefficient (Wildman–Crippen LogP) is 3.26. The first kappa shape index (κ1) is 22.3. The van der Waals surface area contributed by atoms with Crippen LogP contribution in [-0.2, 0) is 16.1 Å².